The summed E-state index contributed by atoms with van der Waals surface area (Å²) in [5.41, 5.74) is 0. The summed E-state index contributed by atoms with van der Waals surface area (Å²) in [6.45, 7) is 5.88. The summed E-state index contributed by atoms with van der Waals surface area (Å²) in [6, 6.07) is -0.348. The van der Waals surface area contributed by atoms with Crippen molar-refractivity contribution in [3.63, 3.8) is 0 Å². The van der Waals surface area contributed by atoms with E-state index in [1.807, 2.05) is 24.6 Å². The number of imidazole rings is 1. The maximum atomic E-state index is 12.1. The van der Waals surface area contributed by atoms with Crippen LogP contribution in [0.1, 0.15) is 39.1 Å². The van der Waals surface area contributed by atoms with Crippen LogP contribution in [0.4, 0.5) is 13.2 Å². The van der Waals surface area contributed by atoms with Crippen molar-refractivity contribution in [1.29, 1.82) is 0 Å². The topological polar surface area (TPSA) is 29.9 Å². The van der Waals surface area contributed by atoms with Gasteiger partial charge < -0.3 is 9.88 Å². The molecule has 0 spiro atoms. The third kappa shape index (κ3) is 4.77. The van der Waals surface area contributed by atoms with Crippen LogP contribution in [0, 0.1) is 0 Å². The zero-order valence-electron chi connectivity index (χ0n) is 10.3. The summed E-state index contributed by atoms with van der Waals surface area (Å²) in [5, 5.41) is 2.83. The van der Waals surface area contributed by atoms with Gasteiger partial charge in [0, 0.05) is 24.5 Å². The molecule has 1 aromatic rings. The van der Waals surface area contributed by atoms with Crippen LogP contribution >= 0.6 is 0 Å². The predicted octanol–water partition coefficient (Wildman–Crippen LogP) is 2.89. The van der Waals surface area contributed by atoms with E-state index in [0.717, 1.165) is 5.82 Å². The van der Waals surface area contributed by atoms with Crippen molar-refractivity contribution >= 4 is 0 Å². The number of hydrogen-bond acceptors (Lipinski definition) is 2. The first-order chi connectivity index (χ1) is 7.79. The first-order valence-corrected chi connectivity index (χ1v) is 5.61. The van der Waals surface area contributed by atoms with Crippen molar-refractivity contribution in [3.8, 4) is 0 Å². The Balaban J connectivity index is 2.47. The predicted molar refractivity (Wildman–Crippen MR) is 59.6 cm³/mol. The Morgan fingerprint density at radius 1 is 1.35 bits per heavy atom. The molecule has 1 aromatic heterocycles. The molecule has 0 aliphatic heterocycles. The number of halogens is 3. The lowest BCUT2D eigenvalue weighted by atomic mass is 10.2. The Labute approximate surface area is 99.0 Å². The van der Waals surface area contributed by atoms with E-state index >= 15 is 0 Å². The summed E-state index contributed by atoms with van der Waals surface area (Å²) in [4.78, 5) is 4.13. The first-order valence-electron chi connectivity index (χ1n) is 5.61. The minimum Gasteiger partial charge on any atom is -0.331 e. The van der Waals surface area contributed by atoms with Crippen molar-refractivity contribution in [2.24, 2.45) is 0 Å². The molecule has 6 heteroatoms. The molecule has 0 aliphatic rings. The van der Waals surface area contributed by atoms with E-state index in [1.165, 1.54) is 6.92 Å². The van der Waals surface area contributed by atoms with E-state index in [9.17, 15) is 13.2 Å². The maximum absolute atomic E-state index is 12.1. The highest BCUT2D eigenvalue weighted by atomic mass is 19.4. The van der Waals surface area contributed by atoms with Crippen molar-refractivity contribution in [1.82, 2.24) is 14.9 Å². The van der Waals surface area contributed by atoms with E-state index in [0.29, 0.717) is 6.54 Å². The van der Waals surface area contributed by atoms with Gasteiger partial charge >= 0.3 is 6.18 Å². The molecule has 1 N–H and O–H groups in total. The van der Waals surface area contributed by atoms with Crippen LogP contribution in [0.5, 0.6) is 0 Å². The monoisotopic (exact) mass is 249 g/mol. The van der Waals surface area contributed by atoms with Crippen LogP contribution < -0.4 is 5.32 Å². The molecule has 1 atom stereocenters. The highest BCUT2D eigenvalue weighted by Gasteiger charge is 2.29. The van der Waals surface area contributed by atoms with E-state index in [4.69, 9.17) is 0 Å². The van der Waals surface area contributed by atoms with E-state index in [2.05, 4.69) is 10.3 Å². The van der Waals surface area contributed by atoms with E-state index in [1.54, 1.807) is 6.20 Å². The van der Waals surface area contributed by atoms with Gasteiger partial charge in [-0.1, -0.05) is 0 Å². The van der Waals surface area contributed by atoms with Gasteiger partial charge in [0.25, 0.3) is 0 Å². The molecule has 0 fully saturated rings. The van der Waals surface area contributed by atoms with Crippen molar-refractivity contribution in [2.45, 2.75) is 52.0 Å². The maximum Gasteiger partial charge on any atom is 0.390 e. The zero-order valence-corrected chi connectivity index (χ0v) is 10.3. The van der Waals surface area contributed by atoms with Crippen LogP contribution in [0.3, 0.4) is 0 Å². The minimum absolute atomic E-state index is 0.257. The second kappa shape index (κ2) is 5.53. The fourth-order valence-electron chi connectivity index (χ4n) is 1.64. The van der Waals surface area contributed by atoms with Gasteiger partial charge in [-0.05, 0) is 20.8 Å². The molecule has 0 bridgehead atoms. The van der Waals surface area contributed by atoms with Crippen LogP contribution in [0.25, 0.3) is 0 Å². The molecular weight excluding hydrogens is 231 g/mol. The fraction of sp³-hybridized carbons (Fsp3) is 0.727. The molecule has 0 aliphatic carbocycles. The Kier molecular flexibility index (Phi) is 4.56. The number of rotatable bonds is 5. The summed E-state index contributed by atoms with van der Waals surface area (Å²) >= 11 is 0. The second-order valence-electron chi connectivity index (χ2n) is 4.45. The molecule has 98 valence electrons. The molecule has 0 radical (unpaired) electrons. The van der Waals surface area contributed by atoms with Crippen LogP contribution in [-0.4, -0.2) is 21.8 Å². The lowest BCUT2D eigenvalue weighted by molar-refractivity contribution is -0.139. The van der Waals surface area contributed by atoms with Gasteiger partial charge in [0.15, 0.2) is 0 Å². The van der Waals surface area contributed by atoms with E-state index in [-0.39, 0.29) is 6.04 Å². The number of nitrogens with zero attached hydrogens (tertiary/aromatic N) is 2. The smallest absolute Gasteiger partial charge is 0.331 e. The first kappa shape index (κ1) is 14.0. The SMILES string of the molecule is CC(C)n1ccnc1CN[C@@H](C)CC(F)(F)F. The Morgan fingerprint density at radius 3 is 2.53 bits per heavy atom. The summed E-state index contributed by atoms with van der Waals surface area (Å²) in [6.07, 6.45) is -1.46. The Hall–Kier alpha value is -1.04. The van der Waals surface area contributed by atoms with Gasteiger partial charge in [-0.25, -0.2) is 4.98 Å². The molecular formula is C11H18F3N3. The molecule has 3 nitrogen and oxygen atoms in total. The number of alkyl halides is 3. The zero-order chi connectivity index (χ0) is 13.1. The third-order valence-corrected chi connectivity index (χ3v) is 2.45. The standard InChI is InChI=1S/C11H18F3N3/c1-8(2)17-5-4-15-10(17)7-16-9(3)6-11(12,13)14/h4-5,8-9,16H,6-7H2,1-3H3/t9-/m0/s1. The van der Waals surface area contributed by atoms with Gasteiger partial charge in [0.1, 0.15) is 5.82 Å². The molecule has 1 heterocycles. The van der Waals surface area contributed by atoms with Gasteiger partial charge in [-0.3, -0.25) is 0 Å². The number of hydrogen-bond donors (Lipinski definition) is 1. The van der Waals surface area contributed by atoms with Crippen molar-refractivity contribution in [3.05, 3.63) is 18.2 Å². The van der Waals surface area contributed by atoms with Gasteiger partial charge in [0.05, 0.1) is 13.0 Å². The van der Waals surface area contributed by atoms with Gasteiger partial charge in [-0.2, -0.15) is 13.2 Å². The highest BCUT2D eigenvalue weighted by Crippen LogP contribution is 2.21. The van der Waals surface area contributed by atoms with Gasteiger partial charge in [-0.15, -0.1) is 0 Å². The lowest BCUT2D eigenvalue weighted by Gasteiger charge is -2.17. The largest absolute Gasteiger partial charge is 0.390 e. The van der Waals surface area contributed by atoms with Crippen LogP contribution in [-0.2, 0) is 6.54 Å². The summed E-state index contributed by atoms with van der Waals surface area (Å²) in [5.74, 6) is 0.758. The molecule has 1 rings (SSSR count). The Morgan fingerprint density at radius 2 is 2.00 bits per heavy atom. The summed E-state index contributed by atoms with van der Waals surface area (Å²) in [7, 11) is 0. The molecule has 0 saturated carbocycles. The average molecular weight is 249 g/mol. The highest BCUT2D eigenvalue weighted by molar-refractivity contribution is 4.94. The normalized spacial score (nSPS) is 14.3. The van der Waals surface area contributed by atoms with Crippen molar-refractivity contribution < 1.29 is 13.2 Å². The minimum atomic E-state index is -4.13. The molecule has 17 heavy (non-hydrogen) atoms. The quantitative estimate of drug-likeness (QED) is 0.869. The third-order valence-electron chi connectivity index (χ3n) is 2.45. The lowest BCUT2D eigenvalue weighted by Crippen LogP contribution is -2.31. The Bertz CT molecular complexity index is 344. The van der Waals surface area contributed by atoms with Gasteiger partial charge in [0.2, 0.25) is 0 Å². The van der Waals surface area contributed by atoms with Crippen LogP contribution in [0.15, 0.2) is 12.4 Å². The molecule has 0 unspecified atom stereocenters. The number of aromatic nitrogens is 2. The van der Waals surface area contributed by atoms with Crippen molar-refractivity contribution in [2.75, 3.05) is 0 Å². The summed E-state index contributed by atoms with van der Waals surface area (Å²) < 4.78 is 38.3. The molecule has 0 saturated heterocycles. The molecule has 0 amide bonds. The van der Waals surface area contributed by atoms with E-state index < -0.39 is 18.6 Å². The second-order valence-corrected chi connectivity index (χ2v) is 4.45. The molecule has 0 aromatic carbocycles. The fourth-order valence-corrected chi connectivity index (χ4v) is 1.64. The van der Waals surface area contributed by atoms with Crippen LogP contribution in [0.2, 0.25) is 0 Å². The number of nitrogens with one attached hydrogen (secondary N) is 1. The average Bonchev–Trinajstić information content (AvgIpc) is 2.59.